The zero-order valence-electron chi connectivity index (χ0n) is 19.4. The highest BCUT2D eigenvalue weighted by Crippen LogP contribution is 2.27. The molecule has 1 unspecified atom stereocenters. The monoisotopic (exact) mass is 461 g/mol. The number of amides is 4. The highest BCUT2D eigenvalue weighted by atomic mass is 16.2. The third-order valence-electron chi connectivity index (χ3n) is 6.13. The molecule has 2 heterocycles. The van der Waals surface area contributed by atoms with Crippen molar-refractivity contribution in [2.45, 2.75) is 52.1 Å². The molecule has 0 bridgehead atoms. The van der Waals surface area contributed by atoms with Gasteiger partial charge in [0.15, 0.2) is 0 Å². The number of carbonyl (C=O) groups excluding carboxylic acids is 3. The van der Waals surface area contributed by atoms with E-state index in [9.17, 15) is 19.2 Å². The first kappa shape index (κ1) is 23.2. The Balaban J connectivity index is 1.61. The van der Waals surface area contributed by atoms with Crippen LogP contribution in [0.15, 0.2) is 47.3 Å². The fourth-order valence-corrected chi connectivity index (χ4v) is 4.36. The minimum Gasteiger partial charge on any atom is -0.334 e. The first-order valence-electron chi connectivity index (χ1n) is 11.2. The molecular weight excluding hydrogens is 434 g/mol. The van der Waals surface area contributed by atoms with Crippen LogP contribution in [0, 0.1) is 13.8 Å². The highest BCUT2D eigenvalue weighted by Gasteiger charge is 2.40. The summed E-state index contributed by atoms with van der Waals surface area (Å²) in [5.41, 5.74) is 1.35. The molecule has 3 N–H and O–H groups in total. The van der Waals surface area contributed by atoms with E-state index in [-0.39, 0.29) is 30.5 Å². The number of nitrogens with one attached hydrogen (secondary N) is 3. The molecule has 0 saturated carbocycles. The maximum Gasteiger partial charge on any atom is 0.319 e. The molecule has 4 amide bonds. The van der Waals surface area contributed by atoms with E-state index in [4.69, 9.17) is 0 Å². The van der Waals surface area contributed by atoms with Crippen LogP contribution in [0.25, 0.3) is 10.9 Å². The molecule has 34 heavy (non-hydrogen) atoms. The average molecular weight is 462 g/mol. The number of nitrogens with zero attached hydrogens (tertiary/aromatic N) is 2. The van der Waals surface area contributed by atoms with Crippen LogP contribution in [0.4, 0.5) is 10.5 Å². The van der Waals surface area contributed by atoms with Gasteiger partial charge in [-0.15, -0.1) is 0 Å². The van der Waals surface area contributed by atoms with E-state index in [1.165, 1.54) is 4.57 Å². The summed E-state index contributed by atoms with van der Waals surface area (Å²) in [6.45, 7) is 5.48. The SMILES string of the molecule is Cc1cccc(NC(=O)NCc2ccc3nc(C)n(C4(C)CCCC(=O)NC4=O)c(=O)c3c2)c1. The summed E-state index contributed by atoms with van der Waals surface area (Å²) >= 11 is 0. The zero-order chi connectivity index (χ0) is 24.5. The Kier molecular flexibility index (Phi) is 6.19. The normalized spacial score (nSPS) is 18.3. The zero-order valence-corrected chi connectivity index (χ0v) is 19.4. The first-order valence-corrected chi connectivity index (χ1v) is 11.2. The van der Waals surface area contributed by atoms with E-state index in [0.29, 0.717) is 40.8 Å². The molecule has 2 aromatic carbocycles. The Hall–Kier alpha value is -4.01. The molecule has 176 valence electrons. The van der Waals surface area contributed by atoms with Crippen molar-refractivity contribution in [2.75, 3.05) is 5.32 Å². The number of hydrogen-bond donors (Lipinski definition) is 3. The van der Waals surface area contributed by atoms with Gasteiger partial charge in [-0.25, -0.2) is 9.78 Å². The number of imide groups is 1. The van der Waals surface area contributed by atoms with E-state index in [2.05, 4.69) is 20.9 Å². The van der Waals surface area contributed by atoms with Gasteiger partial charge in [0.2, 0.25) is 5.91 Å². The van der Waals surface area contributed by atoms with Crippen molar-refractivity contribution in [2.24, 2.45) is 0 Å². The minimum atomic E-state index is -1.23. The van der Waals surface area contributed by atoms with Crippen molar-refractivity contribution < 1.29 is 14.4 Å². The van der Waals surface area contributed by atoms with E-state index in [0.717, 1.165) is 5.56 Å². The summed E-state index contributed by atoms with van der Waals surface area (Å²) in [4.78, 5) is 55.0. The third-order valence-corrected chi connectivity index (χ3v) is 6.13. The van der Waals surface area contributed by atoms with Crippen LogP contribution in [-0.2, 0) is 21.7 Å². The number of hydrogen-bond acceptors (Lipinski definition) is 5. The van der Waals surface area contributed by atoms with Crippen LogP contribution in [0.1, 0.15) is 43.1 Å². The lowest BCUT2D eigenvalue weighted by Crippen LogP contribution is -2.51. The highest BCUT2D eigenvalue weighted by molar-refractivity contribution is 5.99. The predicted octanol–water partition coefficient (Wildman–Crippen LogP) is 2.88. The molecule has 0 spiro atoms. The maximum atomic E-state index is 13.5. The molecule has 9 heteroatoms. The largest absolute Gasteiger partial charge is 0.334 e. The molecule has 0 radical (unpaired) electrons. The molecule has 1 saturated heterocycles. The standard InChI is InChI=1S/C25H27N5O4/c1-15-6-4-7-18(12-15)28-24(34)26-14-17-9-10-20-19(13-17)22(32)30(16(2)27-20)25(3)11-5-8-21(31)29-23(25)33/h4,6-7,9-10,12-13H,5,8,11,14H2,1-3H3,(H2,26,28,34)(H,29,31,33). The minimum absolute atomic E-state index is 0.202. The van der Waals surface area contributed by atoms with Crippen molar-refractivity contribution >= 4 is 34.4 Å². The van der Waals surface area contributed by atoms with Gasteiger partial charge in [-0.1, -0.05) is 18.2 Å². The van der Waals surface area contributed by atoms with Crippen molar-refractivity contribution in [3.05, 3.63) is 69.8 Å². The second kappa shape index (κ2) is 9.09. The molecule has 3 aromatic rings. The van der Waals surface area contributed by atoms with Gasteiger partial charge in [0, 0.05) is 18.7 Å². The van der Waals surface area contributed by atoms with E-state index in [1.807, 2.05) is 25.1 Å². The van der Waals surface area contributed by atoms with Crippen LogP contribution >= 0.6 is 0 Å². The number of aromatic nitrogens is 2. The van der Waals surface area contributed by atoms with Gasteiger partial charge in [-0.3, -0.25) is 24.3 Å². The van der Waals surface area contributed by atoms with Gasteiger partial charge in [0.25, 0.3) is 11.5 Å². The molecule has 1 aromatic heterocycles. The number of fused-ring (bicyclic) bond motifs is 1. The number of aryl methyl sites for hydroxylation is 2. The average Bonchev–Trinajstić information content (AvgIpc) is 2.90. The Bertz CT molecular complexity index is 1360. The maximum absolute atomic E-state index is 13.5. The summed E-state index contributed by atoms with van der Waals surface area (Å²) in [5, 5.41) is 8.29. The van der Waals surface area contributed by atoms with Gasteiger partial charge in [-0.05, 0) is 69.0 Å². The van der Waals surface area contributed by atoms with Crippen molar-refractivity contribution in [3.8, 4) is 0 Å². The topological polar surface area (TPSA) is 122 Å². The number of benzene rings is 2. The molecule has 1 aliphatic heterocycles. The lowest BCUT2D eigenvalue weighted by Gasteiger charge is -2.30. The van der Waals surface area contributed by atoms with Gasteiger partial charge in [-0.2, -0.15) is 0 Å². The third kappa shape index (κ3) is 4.54. The fourth-order valence-electron chi connectivity index (χ4n) is 4.36. The van der Waals surface area contributed by atoms with Crippen LogP contribution in [0.3, 0.4) is 0 Å². The van der Waals surface area contributed by atoms with Crippen LogP contribution in [-0.4, -0.2) is 27.4 Å². The molecule has 1 fully saturated rings. The Morgan fingerprint density at radius 3 is 2.71 bits per heavy atom. The second-order valence-electron chi connectivity index (χ2n) is 8.83. The van der Waals surface area contributed by atoms with E-state index in [1.54, 1.807) is 38.1 Å². The van der Waals surface area contributed by atoms with Gasteiger partial charge in [0.05, 0.1) is 10.9 Å². The number of carbonyl (C=O) groups is 3. The number of rotatable bonds is 4. The summed E-state index contributed by atoms with van der Waals surface area (Å²) < 4.78 is 1.38. The van der Waals surface area contributed by atoms with Gasteiger partial charge >= 0.3 is 6.03 Å². The summed E-state index contributed by atoms with van der Waals surface area (Å²) in [7, 11) is 0. The number of anilines is 1. The van der Waals surface area contributed by atoms with Gasteiger partial charge in [0.1, 0.15) is 11.4 Å². The summed E-state index contributed by atoms with van der Waals surface area (Å²) in [5.74, 6) is -0.453. The second-order valence-corrected chi connectivity index (χ2v) is 8.83. The molecule has 0 aliphatic carbocycles. The Morgan fingerprint density at radius 2 is 1.94 bits per heavy atom. The van der Waals surface area contributed by atoms with E-state index >= 15 is 0 Å². The Labute approximate surface area is 196 Å². The molecule has 1 atom stereocenters. The fraction of sp³-hybridized carbons (Fsp3) is 0.320. The first-order chi connectivity index (χ1) is 16.2. The molecular formula is C25H27N5O4. The predicted molar refractivity (Wildman–Crippen MR) is 128 cm³/mol. The van der Waals surface area contributed by atoms with Gasteiger partial charge < -0.3 is 10.6 Å². The smallest absolute Gasteiger partial charge is 0.319 e. The van der Waals surface area contributed by atoms with Crippen LogP contribution in [0.5, 0.6) is 0 Å². The molecule has 4 rings (SSSR count). The van der Waals surface area contributed by atoms with Crippen molar-refractivity contribution in [1.29, 1.82) is 0 Å². The molecule has 1 aliphatic rings. The van der Waals surface area contributed by atoms with Crippen molar-refractivity contribution in [1.82, 2.24) is 20.2 Å². The number of urea groups is 1. The summed E-state index contributed by atoms with van der Waals surface area (Å²) in [6, 6.07) is 12.3. The summed E-state index contributed by atoms with van der Waals surface area (Å²) in [6.07, 6.45) is 1.06. The quantitative estimate of drug-likeness (QED) is 0.516. The lowest BCUT2D eigenvalue weighted by atomic mass is 9.94. The van der Waals surface area contributed by atoms with Crippen LogP contribution in [0.2, 0.25) is 0 Å². The van der Waals surface area contributed by atoms with E-state index < -0.39 is 11.4 Å². The Morgan fingerprint density at radius 1 is 1.15 bits per heavy atom. The lowest BCUT2D eigenvalue weighted by molar-refractivity contribution is -0.134. The van der Waals surface area contributed by atoms with Crippen molar-refractivity contribution in [3.63, 3.8) is 0 Å². The van der Waals surface area contributed by atoms with Crippen LogP contribution < -0.4 is 21.5 Å². The molecule has 9 nitrogen and oxygen atoms in total.